The average Bonchev–Trinajstić information content (AvgIpc) is 3.01. The molecule has 0 saturated carbocycles. The molecule has 1 saturated heterocycles. The summed E-state index contributed by atoms with van der Waals surface area (Å²) in [6.45, 7) is 0.629. The lowest BCUT2D eigenvalue weighted by atomic mass is 9.89. The highest BCUT2D eigenvalue weighted by molar-refractivity contribution is 6.33. The smallest absolute Gasteiger partial charge is 0.197 e. The van der Waals surface area contributed by atoms with Gasteiger partial charge in [-0.05, 0) is 32.1 Å². The minimum atomic E-state index is -0.429. The van der Waals surface area contributed by atoms with Gasteiger partial charge in [-0.25, -0.2) is 0 Å². The number of hydrogen-bond acceptors (Lipinski definition) is 6. The number of fused-ring (bicyclic) bond motifs is 1. The minimum absolute atomic E-state index is 0. The molecule has 1 aromatic heterocycles. The number of rotatable bonds is 3. The van der Waals surface area contributed by atoms with Crippen molar-refractivity contribution in [3.63, 3.8) is 0 Å². The lowest BCUT2D eigenvalue weighted by Gasteiger charge is -2.24. The average molecular weight is 438 g/mol. The first-order valence-corrected chi connectivity index (χ1v) is 9.38. The van der Waals surface area contributed by atoms with Crippen molar-refractivity contribution < 1.29 is 19.7 Å². The van der Waals surface area contributed by atoms with Crippen molar-refractivity contribution >= 4 is 35.0 Å². The highest BCUT2D eigenvalue weighted by Crippen LogP contribution is 2.44. The van der Waals surface area contributed by atoms with Crippen LogP contribution in [0.3, 0.4) is 0 Å². The molecule has 1 fully saturated rings. The summed E-state index contributed by atoms with van der Waals surface area (Å²) in [6.07, 6.45) is 0.676. The number of aliphatic hydroxyl groups is 1. The van der Waals surface area contributed by atoms with Crippen LogP contribution in [0, 0.1) is 0 Å². The number of halogens is 2. The first-order chi connectivity index (χ1) is 13.4. The molecule has 0 unspecified atom stereocenters. The van der Waals surface area contributed by atoms with Crippen LogP contribution in [0.1, 0.15) is 17.9 Å². The molecule has 154 valence electrons. The maximum absolute atomic E-state index is 12.8. The van der Waals surface area contributed by atoms with Gasteiger partial charge in [0, 0.05) is 35.2 Å². The molecule has 29 heavy (non-hydrogen) atoms. The second kappa shape index (κ2) is 8.24. The van der Waals surface area contributed by atoms with E-state index in [1.165, 1.54) is 6.07 Å². The summed E-state index contributed by atoms with van der Waals surface area (Å²) < 4.78 is 6.04. The Morgan fingerprint density at radius 1 is 1.21 bits per heavy atom. The molecule has 0 bridgehead atoms. The number of phenolic OH excluding ortho intramolecular Hbond substituents is 2. The Hall–Kier alpha value is -2.25. The fourth-order valence-corrected chi connectivity index (χ4v) is 4.31. The fourth-order valence-electron chi connectivity index (χ4n) is 4.09. The monoisotopic (exact) mass is 437 g/mol. The van der Waals surface area contributed by atoms with Crippen LogP contribution in [-0.4, -0.2) is 46.5 Å². The Bertz CT molecular complexity index is 1110. The molecule has 8 heteroatoms. The predicted molar refractivity (Wildman–Crippen MR) is 114 cm³/mol. The fraction of sp³-hybridized carbons (Fsp3) is 0.286. The topological polar surface area (TPSA) is 94.1 Å². The maximum atomic E-state index is 12.8. The van der Waals surface area contributed by atoms with E-state index in [-0.39, 0.29) is 59.2 Å². The van der Waals surface area contributed by atoms with E-state index in [0.717, 1.165) is 12.6 Å². The summed E-state index contributed by atoms with van der Waals surface area (Å²) in [5.74, 6) is -0.505. The van der Waals surface area contributed by atoms with Gasteiger partial charge in [0.05, 0.1) is 11.6 Å². The maximum Gasteiger partial charge on any atom is 0.197 e. The number of likely N-dealkylation sites (N-methyl/N-ethyl adjacent to an activating group) is 1. The van der Waals surface area contributed by atoms with Crippen molar-refractivity contribution in [3.8, 4) is 22.8 Å². The van der Waals surface area contributed by atoms with Crippen LogP contribution in [0.15, 0.2) is 45.6 Å². The van der Waals surface area contributed by atoms with Gasteiger partial charge >= 0.3 is 0 Å². The molecular weight excluding hydrogens is 417 g/mol. The molecule has 3 N–H and O–H groups in total. The van der Waals surface area contributed by atoms with Crippen LogP contribution in [0.4, 0.5) is 0 Å². The molecule has 4 rings (SSSR count). The Labute approximate surface area is 178 Å². The van der Waals surface area contributed by atoms with E-state index in [0.29, 0.717) is 22.6 Å². The molecule has 0 radical (unpaired) electrons. The summed E-state index contributed by atoms with van der Waals surface area (Å²) in [6, 6.07) is 9.19. The van der Waals surface area contributed by atoms with Crippen molar-refractivity contribution in [2.75, 3.05) is 20.2 Å². The van der Waals surface area contributed by atoms with Crippen molar-refractivity contribution in [3.05, 3.63) is 57.2 Å². The highest BCUT2D eigenvalue weighted by Gasteiger charge is 2.36. The van der Waals surface area contributed by atoms with Crippen LogP contribution in [-0.2, 0) is 0 Å². The Kier molecular flexibility index (Phi) is 6.10. The van der Waals surface area contributed by atoms with Gasteiger partial charge in [-0.15, -0.1) is 12.4 Å². The summed E-state index contributed by atoms with van der Waals surface area (Å²) in [5, 5.41) is 31.2. The first kappa shape index (κ1) is 21.5. The van der Waals surface area contributed by atoms with E-state index in [1.54, 1.807) is 24.3 Å². The second-order valence-corrected chi connectivity index (χ2v) is 7.52. The summed E-state index contributed by atoms with van der Waals surface area (Å²) in [4.78, 5) is 14.8. The van der Waals surface area contributed by atoms with Gasteiger partial charge < -0.3 is 24.6 Å². The van der Waals surface area contributed by atoms with Crippen LogP contribution in [0.5, 0.6) is 11.5 Å². The number of likely N-dealkylation sites (tertiary alicyclic amines) is 1. The van der Waals surface area contributed by atoms with Gasteiger partial charge in [0.2, 0.25) is 0 Å². The molecule has 2 heterocycles. The zero-order valence-corrected chi connectivity index (χ0v) is 17.2. The predicted octanol–water partition coefficient (Wildman–Crippen LogP) is 3.73. The second-order valence-electron chi connectivity index (χ2n) is 7.11. The molecule has 6 nitrogen and oxygen atoms in total. The molecule has 0 spiro atoms. The number of hydrogen-bond donors (Lipinski definition) is 3. The quantitative estimate of drug-likeness (QED) is 0.577. The number of phenols is 2. The summed E-state index contributed by atoms with van der Waals surface area (Å²) in [5.41, 5.74) is 0.655. The Balaban J connectivity index is 0.00000240. The van der Waals surface area contributed by atoms with Crippen molar-refractivity contribution in [1.82, 2.24) is 4.90 Å². The summed E-state index contributed by atoms with van der Waals surface area (Å²) in [7, 11) is 1.89. The van der Waals surface area contributed by atoms with Crippen molar-refractivity contribution in [1.29, 1.82) is 0 Å². The minimum Gasteiger partial charge on any atom is -0.507 e. The molecule has 1 aliphatic rings. The molecule has 1 aliphatic heterocycles. The van der Waals surface area contributed by atoms with Gasteiger partial charge in [-0.2, -0.15) is 0 Å². The SMILES string of the molecule is CN1CC[C@@H](c2c(O)cc(O)c3c(=O)cc(-c4ccccc4Cl)oc23)[C@@H]1CO.Cl. The van der Waals surface area contributed by atoms with Crippen LogP contribution < -0.4 is 5.43 Å². The van der Waals surface area contributed by atoms with E-state index in [2.05, 4.69) is 0 Å². The van der Waals surface area contributed by atoms with Crippen LogP contribution in [0.25, 0.3) is 22.3 Å². The van der Waals surface area contributed by atoms with Gasteiger partial charge in [-0.1, -0.05) is 23.7 Å². The van der Waals surface area contributed by atoms with Crippen molar-refractivity contribution in [2.24, 2.45) is 0 Å². The number of aliphatic hydroxyl groups excluding tert-OH is 1. The number of benzene rings is 2. The zero-order valence-electron chi connectivity index (χ0n) is 15.6. The van der Waals surface area contributed by atoms with Gasteiger partial charge in [0.25, 0.3) is 0 Å². The van der Waals surface area contributed by atoms with E-state index in [1.807, 2.05) is 11.9 Å². The van der Waals surface area contributed by atoms with Gasteiger partial charge in [0.1, 0.15) is 28.2 Å². The number of aromatic hydroxyl groups is 2. The van der Waals surface area contributed by atoms with E-state index < -0.39 is 5.43 Å². The Morgan fingerprint density at radius 3 is 2.62 bits per heavy atom. The van der Waals surface area contributed by atoms with Gasteiger partial charge in [-0.3, -0.25) is 4.79 Å². The zero-order chi connectivity index (χ0) is 20.0. The molecule has 0 amide bonds. The number of nitrogens with zero attached hydrogens (tertiary/aromatic N) is 1. The third kappa shape index (κ3) is 3.57. The molecule has 0 aliphatic carbocycles. The largest absolute Gasteiger partial charge is 0.507 e. The third-order valence-electron chi connectivity index (χ3n) is 5.52. The highest BCUT2D eigenvalue weighted by atomic mass is 35.5. The Morgan fingerprint density at radius 2 is 1.93 bits per heavy atom. The van der Waals surface area contributed by atoms with Crippen molar-refractivity contribution in [2.45, 2.75) is 18.4 Å². The lowest BCUT2D eigenvalue weighted by Crippen LogP contribution is -2.32. The third-order valence-corrected chi connectivity index (χ3v) is 5.85. The van der Waals surface area contributed by atoms with Crippen LogP contribution >= 0.6 is 24.0 Å². The summed E-state index contributed by atoms with van der Waals surface area (Å²) >= 11 is 6.26. The van der Waals surface area contributed by atoms with E-state index in [9.17, 15) is 20.1 Å². The standard InChI is InChI=1S/C21H20ClNO5.ClH/c1-23-7-6-12(14(23)10-24)19-15(25)8-16(26)20-17(27)9-18(28-21(19)20)11-4-2-3-5-13(11)22;/h2-5,8-9,12,14,24-26H,6-7,10H2,1H3;1H/t12-,14+;/m1./s1. The molecule has 3 aromatic rings. The van der Waals surface area contributed by atoms with Crippen LogP contribution in [0.2, 0.25) is 5.02 Å². The molecule has 2 aromatic carbocycles. The normalized spacial score (nSPS) is 19.4. The van der Waals surface area contributed by atoms with Gasteiger partial charge in [0.15, 0.2) is 5.43 Å². The molecule has 2 atom stereocenters. The molecular formula is C21H21Cl2NO5. The lowest BCUT2D eigenvalue weighted by molar-refractivity contribution is 0.172. The first-order valence-electron chi connectivity index (χ1n) is 9.01. The van der Waals surface area contributed by atoms with E-state index in [4.69, 9.17) is 16.0 Å². The van der Waals surface area contributed by atoms with E-state index >= 15 is 0 Å².